The molecule has 1 saturated heterocycles. The van der Waals surface area contributed by atoms with Crippen molar-refractivity contribution in [2.45, 2.75) is 31.7 Å². The Morgan fingerprint density at radius 3 is 2.39 bits per heavy atom. The third kappa shape index (κ3) is 6.09. The van der Waals surface area contributed by atoms with Gasteiger partial charge in [-0.25, -0.2) is 0 Å². The molecular formula is C22H25BrN2O3. The van der Waals surface area contributed by atoms with Gasteiger partial charge in [-0.15, -0.1) is 0 Å². The van der Waals surface area contributed by atoms with Crippen molar-refractivity contribution in [3.63, 3.8) is 0 Å². The van der Waals surface area contributed by atoms with E-state index in [4.69, 9.17) is 4.74 Å². The predicted octanol–water partition coefficient (Wildman–Crippen LogP) is 4.03. The van der Waals surface area contributed by atoms with E-state index in [-0.39, 0.29) is 17.9 Å². The van der Waals surface area contributed by atoms with Crippen LogP contribution in [0.5, 0.6) is 5.75 Å². The van der Waals surface area contributed by atoms with Crippen molar-refractivity contribution in [2.75, 3.05) is 19.7 Å². The van der Waals surface area contributed by atoms with Crippen molar-refractivity contribution in [1.82, 2.24) is 10.2 Å². The van der Waals surface area contributed by atoms with Crippen molar-refractivity contribution < 1.29 is 14.3 Å². The van der Waals surface area contributed by atoms with Crippen LogP contribution in [0, 0.1) is 0 Å². The summed E-state index contributed by atoms with van der Waals surface area (Å²) >= 11 is 3.38. The lowest BCUT2D eigenvalue weighted by Crippen LogP contribution is -2.46. The lowest BCUT2D eigenvalue weighted by Gasteiger charge is -2.32. The SMILES string of the molecule is O=C(CCCOc1ccccc1)NC1CCN(C(=O)c2ccc(Br)cc2)CC1. The molecule has 0 atom stereocenters. The van der Waals surface area contributed by atoms with Crippen LogP contribution in [0.2, 0.25) is 0 Å². The highest BCUT2D eigenvalue weighted by Crippen LogP contribution is 2.16. The molecule has 148 valence electrons. The van der Waals surface area contributed by atoms with E-state index < -0.39 is 0 Å². The van der Waals surface area contributed by atoms with Crippen LogP contribution in [0.1, 0.15) is 36.0 Å². The number of hydrogen-bond donors (Lipinski definition) is 1. The smallest absolute Gasteiger partial charge is 0.253 e. The first-order valence-electron chi connectivity index (χ1n) is 9.64. The fourth-order valence-corrected chi connectivity index (χ4v) is 3.51. The number of carbonyl (C=O) groups excluding carboxylic acids is 2. The second-order valence-corrected chi connectivity index (χ2v) is 7.82. The molecule has 1 aliphatic heterocycles. The van der Waals surface area contributed by atoms with E-state index in [1.807, 2.05) is 59.5 Å². The van der Waals surface area contributed by atoms with E-state index in [0.29, 0.717) is 38.1 Å². The van der Waals surface area contributed by atoms with Crippen LogP contribution in [0.15, 0.2) is 59.1 Å². The van der Waals surface area contributed by atoms with E-state index in [1.165, 1.54) is 0 Å². The van der Waals surface area contributed by atoms with Gasteiger partial charge in [0.05, 0.1) is 6.61 Å². The number of hydrogen-bond acceptors (Lipinski definition) is 3. The van der Waals surface area contributed by atoms with Crippen LogP contribution in [-0.4, -0.2) is 42.5 Å². The summed E-state index contributed by atoms with van der Waals surface area (Å²) in [4.78, 5) is 26.5. The Bertz CT molecular complexity index is 772. The number of likely N-dealkylation sites (tertiary alicyclic amines) is 1. The molecule has 28 heavy (non-hydrogen) atoms. The van der Waals surface area contributed by atoms with Crippen molar-refractivity contribution >= 4 is 27.7 Å². The largest absolute Gasteiger partial charge is 0.494 e. The molecule has 2 aromatic rings. The zero-order valence-corrected chi connectivity index (χ0v) is 17.4. The van der Waals surface area contributed by atoms with Gasteiger partial charge in [-0.2, -0.15) is 0 Å². The third-order valence-electron chi connectivity index (χ3n) is 4.80. The van der Waals surface area contributed by atoms with Crippen molar-refractivity contribution in [2.24, 2.45) is 0 Å². The maximum Gasteiger partial charge on any atom is 0.253 e. The highest BCUT2D eigenvalue weighted by molar-refractivity contribution is 9.10. The van der Waals surface area contributed by atoms with E-state index in [9.17, 15) is 9.59 Å². The minimum atomic E-state index is 0.0503. The molecule has 2 aromatic carbocycles. The zero-order valence-electron chi connectivity index (χ0n) is 15.8. The average molecular weight is 445 g/mol. The van der Waals surface area contributed by atoms with E-state index in [2.05, 4.69) is 21.2 Å². The van der Waals surface area contributed by atoms with Gasteiger partial charge >= 0.3 is 0 Å². The van der Waals surface area contributed by atoms with Gasteiger partial charge in [-0.3, -0.25) is 9.59 Å². The summed E-state index contributed by atoms with van der Waals surface area (Å²) in [7, 11) is 0. The molecule has 1 N–H and O–H groups in total. The average Bonchev–Trinajstić information content (AvgIpc) is 2.73. The standard InChI is InChI=1S/C22H25BrN2O3/c23-18-10-8-17(9-11-18)22(27)25-14-12-19(13-15-25)24-21(26)7-4-16-28-20-5-2-1-3-6-20/h1-3,5-6,8-11,19H,4,7,12-16H2,(H,24,26). The molecule has 3 rings (SSSR count). The van der Waals surface area contributed by atoms with Gasteiger partial charge in [-0.05, 0) is 55.7 Å². The molecule has 1 heterocycles. The quantitative estimate of drug-likeness (QED) is 0.655. The number of amides is 2. The van der Waals surface area contributed by atoms with Crippen LogP contribution in [0.3, 0.4) is 0 Å². The van der Waals surface area contributed by atoms with Gasteiger partial charge < -0.3 is 15.0 Å². The summed E-state index contributed by atoms with van der Waals surface area (Å²) in [5.74, 6) is 0.926. The Morgan fingerprint density at radius 2 is 1.71 bits per heavy atom. The Kier molecular flexibility index (Phi) is 7.48. The number of nitrogens with one attached hydrogen (secondary N) is 1. The molecule has 6 heteroatoms. The number of carbonyl (C=O) groups is 2. The van der Waals surface area contributed by atoms with Crippen LogP contribution < -0.4 is 10.1 Å². The molecule has 0 aliphatic carbocycles. The summed E-state index contributed by atoms with van der Waals surface area (Å²) in [5.41, 5.74) is 0.698. The third-order valence-corrected chi connectivity index (χ3v) is 5.33. The minimum absolute atomic E-state index is 0.0503. The molecule has 0 spiro atoms. The second kappa shape index (κ2) is 10.3. The molecule has 1 fully saturated rings. The predicted molar refractivity (Wildman–Crippen MR) is 112 cm³/mol. The van der Waals surface area contributed by atoms with Crippen molar-refractivity contribution in [3.05, 3.63) is 64.6 Å². The zero-order chi connectivity index (χ0) is 19.8. The lowest BCUT2D eigenvalue weighted by molar-refractivity contribution is -0.122. The number of rotatable bonds is 7. The molecule has 0 aromatic heterocycles. The molecule has 1 aliphatic rings. The van der Waals surface area contributed by atoms with Crippen LogP contribution in [0.4, 0.5) is 0 Å². The molecule has 0 unspecified atom stereocenters. The topological polar surface area (TPSA) is 58.6 Å². The summed E-state index contributed by atoms with van der Waals surface area (Å²) in [6.45, 7) is 1.85. The fourth-order valence-electron chi connectivity index (χ4n) is 3.24. The van der Waals surface area contributed by atoms with Crippen molar-refractivity contribution in [1.29, 1.82) is 0 Å². The Labute approximate surface area is 174 Å². The number of ether oxygens (including phenoxy) is 1. The van der Waals surface area contributed by atoms with E-state index in [0.717, 1.165) is 23.1 Å². The minimum Gasteiger partial charge on any atom is -0.494 e. The van der Waals surface area contributed by atoms with Crippen LogP contribution >= 0.6 is 15.9 Å². The number of para-hydroxylation sites is 1. The first kappa shape index (κ1) is 20.4. The first-order chi connectivity index (χ1) is 13.6. The summed E-state index contributed by atoms with van der Waals surface area (Å²) in [5, 5.41) is 3.09. The molecule has 0 saturated carbocycles. The van der Waals surface area contributed by atoms with Gasteiger partial charge in [-0.1, -0.05) is 34.1 Å². The summed E-state index contributed by atoms with van der Waals surface area (Å²) in [6, 6.07) is 17.2. The maximum absolute atomic E-state index is 12.5. The summed E-state index contributed by atoms with van der Waals surface area (Å²) < 4.78 is 6.57. The normalized spacial score (nSPS) is 14.5. The first-order valence-corrected chi connectivity index (χ1v) is 10.4. The Balaban J connectivity index is 1.34. The molecule has 0 radical (unpaired) electrons. The number of benzene rings is 2. The highest BCUT2D eigenvalue weighted by Gasteiger charge is 2.24. The van der Waals surface area contributed by atoms with Gasteiger partial charge in [0, 0.05) is 35.6 Å². The highest BCUT2D eigenvalue weighted by atomic mass is 79.9. The fraction of sp³-hybridized carbons (Fsp3) is 0.364. The number of piperidine rings is 1. The van der Waals surface area contributed by atoms with Gasteiger partial charge in [0.1, 0.15) is 5.75 Å². The van der Waals surface area contributed by atoms with Gasteiger partial charge in [0.15, 0.2) is 0 Å². The van der Waals surface area contributed by atoms with Gasteiger partial charge in [0.2, 0.25) is 5.91 Å². The Morgan fingerprint density at radius 1 is 1.04 bits per heavy atom. The van der Waals surface area contributed by atoms with E-state index >= 15 is 0 Å². The van der Waals surface area contributed by atoms with Crippen molar-refractivity contribution in [3.8, 4) is 5.75 Å². The Hall–Kier alpha value is -2.34. The van der Waals surface area contributed by atoms with Crippen LogP contribution in [0.25, 0.3) is 0 Å². The van der Waals surface area contributed by atoms with Gasteiger partial charge in [0.25, 0.3) is 5.91 Å². The van der Waals surface area contributed by atoms with E-state index in [1.54, 1.807) is 0 Å². The van der Waals surface area contributed by atoms with Crippen LogP contribution in [-0.2, 0) is 4.79 Å². The molecule has 0 bridgehead atoms. The summed E-state index contributed by atoms with van der Waals surface area (Å²) in [6.07, 6.45) is 2.70. The molecule has 5 nitrogen and oxygen atoms in total. The second-order valence-electron chi connectivity index (χ2n) is 6.91. The maximum atomic E-state index is 12.5. The number of nitrogens with zero attached hydrogens (tertiary/aromatic N) is 1. The monoisotopic (exact) mass is 444 g/mol. The molecule has 2 amide bonds. The lowest BCUT2D eigenvalue weighted by atomic mass is 10.0. The molecular weight excluding hydrogens is 420 g/mol. The number of halogens is 1.